The molecule has 2 rings (SSSR count). The molecule has 4 heteroatoms. The first-order valence-electron chi connectivity index (χ1n) is 5.75. The summed E-state index contributed by atoms with van der Waals surface area (Å²) in [6.45, 7) is 0. The van der Waals surface area contributed by atoms with Crippen molar-refractivity contribution in [3.05, 3.63) is 34.9 Å². The van der Waals surface area contributed by atoms with Crippen LogP contribution >= 0.6 is 11.6 Å². The van der Waals surface area contributed by atoms with Crippen LogP contribution in [-0.4, -0.2) is 22.3 Å². The van der Waals surface area contributed by atoms with Gasteiger partial charge >= 0.3 is 5.97 Å². The van der Waals surface area contributed by atoms with E-state index in [9.17, 15) is 15.0 Å². The van der Waals surface area contributed by atoms with Gasteiger partial charge in [0.1, 0.15) is 5.41 Å². The van der Waals surface area contributed by atoms with Gasteiger partial charge in [-0.1, -0.05) is 36.6 Å². The largest absolute Gasteiger partial charge is 0.481 e. The summed E-state index contributed by atoms with van der Waals surface area (Å²) in [5, 5.41) is 20.1. The second-order valence-corrected chi connectivity index (χ2v) is 4.98. The number of carbonyl (C=O) groups is 1. The lowest BCUT2D eigenvalue weighted by molar-refractivity contribution is -0.151. The SMILES string of the molecule is O=C(O)[C@]1(c2cccc(Cl)c2)CCCC[C@@H]1O. The summed E-state index contributed by atoms with van der Waals surface area (Å²) in [5.41, 5.74) is -0.590. The number of aliphatic carboxylic acids is 1. The molecule has 0 bridgehead atoms. The van der Waals surface area contributed by atoms with E-state index in [1.54, 1.807) is 24.3 Å². The van der Waals surface area contributed by atoms with E-state index in [-0.39, 0.29) is 0 Å². The Hall–Kier alpha value is -1.06. The Morgan fingerprint density at radius 2 is 2.18 bits per heavy atom. The second kappa shape index (κ2) is 4.67. The van der Waals surface area contributed by atoms with Crippen molar-refractivity contribution in [2.75, 3.05) is 0 Å². The number of halogens is 1. The molecule has 0 saturated heterocycles. The van der Waals surface area contributed by atoms with Crippen LogP contribution in [-0.2, 0) is 10.2 Å². The van der Waals surface area contributed by atoms with Gasteiger partial charge in [-0.25, -0.2) is 0 Å². The highest BCUT2D eigenvalue weighted by Crippen LogP contribution is 2.40. The number of hydrogen-bond donors (Lipinski definition) is 2. The molecular weight excluding hydrogens is 240 g/mol. The monoisotopic (exact) mass is 254 g/mol. The molecule has 1 fully saturated rings. The Kier molecular flexibility index (Phi) is 3.40. The van der Waals surface area contributed by atoms with Crippen LogP contribution < -0.4 is 0 Å². The van der Waals surface area contributed by atoms with E-state index in [1.165, 1.54) is 0 Å². The Bertz CT molecular complexity index is 432. The maximum atomic E-state index is 11.6. The third-order valence-corrected chi connectivity index (χ3v) is 3.82. The standard InChI is InChI=1S/C13H15ClO3/c14-10-5-3-4-9(8-10)13(12(16)17)7-2-1-6-11(13)15/h3-5,8,11,15H,1-2,6-7H2,(H,16,17)/t11-,13-/m0/s1. The van der Waals surface area contributed by atoms with Crippen LogP contribution in [0.5, 0.6) is 0 Å². The average molecular weight is 255 g/mol. The van der Waals surface area contributed by atoms with Crippen LogP contribution in [0.25, 0.3) is 0 Å². The molecule has 17 heavy (non-hydrogen) atoms. The van der Waals surface area contributed by atoms with Gasteiger partial charge in [0.05, 0.1) is 6.10 Å². The third kappa shape index (κ3) is 2.05. The van der Waals surface area contributed by atoms with Gasteiger partial charge in [0.15, 0.2) is 0 Å². The molecule has 0 heterocycles. The van der Waals surface area contributed by atoms with Gasteiger partial charge in [-0.3, -0.25) is 4.79 Å². The number of carboxylic acid groups (broad SMARTS) is 1. The van der Waals surface area contributed by atoms with Gasteiger partial charge in [-0.15, -0.1) is 0 Å². The molecule has 0 amide bonds. The van der Waals surface area contributed by atoms with Crippen LogP contribution in [0.2, 0.25) is 5.02 Å². The lowest BCUT2D eigenvalue weighted by atomic mass is 9.67. The van der Waals surface area contributed by atoms with Gasteiger partial charge in [0.25, 0.3) is 0 Å². The topological polar surface area (TPSA) is 57.5 Å². The molecule has 1 aliphatic rings. The number of carboxylic acids is 1. The van der Waals surface area contributed by atoms with Gasteiger partial charge in [-0.05, 0) is 30.5 Å². The third-order valence-electron chi connectivity index (χ3n) is 3.59. The molecule has 1 aromatic carbocycles. The first-order valence-corrected chi connectivity index (χ1v) is 6.12. The van der Waals surface area contributed by atoms with Crippen molar-refractivity contribution in [3.63, 3.8) is 0 Å². The average Bonchev–Trinajstić information content (AvgIpc) is 2.29. The summed E-state index contributed by atoms with van der Waals surface area (Å²) >= 11 is 5.90. The van der Waals surface area contributed by atoms with Crippen molar-refractivity contribution in [3.8, 4) is 0 Å². The highest BCUT2D eigenvalue weighted by molar-refractivity contribution is 6.30. The number of benzene rings is 1. The summed E-state index contributed by atoms with van der Waals surface area (Å²) < 4.78 is 0. The normalized spacial score (nSPS) is 28.9. The van der Waals surface area contributed by atoms with Gasteiger partial charge in [-0.2, -0.15) is 0 Å². The molecule has 0 radical (unpaired) electrons. The van der Waals surface area contributed by atoms with Crippen LogP contribution in [0.15, 0.2) is 24.3 Å². The number of aliphatic hydroxyl groups excluding tert-OH is 1. The van der Waals surface area contributed by atoms with E-state index in [4.69, 9.17) is 11.6 Å². The molecule has 3 nitrogen and oxygen atoms in total. The van der Waals surface area contributed by atoms with Crippen LogP contribution in [0.4, 0.5) is 0 Å². The first-order chi connectivity index (χ1) is 8.07. The molecule has 1 aliphatic carbocycles. The van der Waals surface area contributed by atoms with E-state index >= 15 is 0 Å². The fraction of sp³-hybridized carbons (Fsp3) is 0.462. The molecule has 0 unspecified atom stereocenters. The molecular formula is C13H15ClO3. The smallest absolute Gasteiger partial charge is 0.316 e. The fourth-order valence-electron chi connectivity index (χ4n) is 2.63. The maximum Gasteiger partial charge on any atom is 0.316 e. The Balaban J connectivity index is 2.50. The van der Waals surface area contributed by atoms with E-state index < -0.39 is 17.5 Å². The van der Waals surface area contributed by atoms with Crippen LogP contribution in [0, 0.1) is 0 Å². The molecule has 0 spiro atoms. The second-order valence-electron chi connectivity index (χ2n) is 4.55. The minimum atomic E-state index is -1.19. The maximum absolute atomic E-state index is 11.6. The molecule has 2 N–H and O–H groups in total. The summed E-state index contributed by atoms with van der Waals surface area (Å²) in [4.78, 5) is 11.6. The molecule has 1 aromatic rings. The summed E-state index contributed by atoms with van der Waals surface area (Å²) in [7, 11) is 0. The van der Waals surface area contributed by atoms with Crippen molar-refractivity contribution in [2.24, 2.45) is 0 Å². The first kappa shape index (κ1) is 12.4. The van der Waals surface area contributed by atoms with Crippen molar-refractivity contribution in [1.29, 1.82) is 0 Å². The summed E-state index contributed by atoms with van der Waals surface area (Å²) in [6, 6.07) is 6.80. The van der Waals surface area contributed by atoms with Crippen LogP contribution in [0.1, 0.15) is 31.2 Å². The van der Waals surface area contributed by atoms with E-state index in [2.05, 4.69) is 0 Å². The van der Waals surface area contributed by atoms with E-state index in [0.717, 1.165) is 12.8 Å². The minimum Gasteiger partial charge on any atom is -0.481 e. The van der Waals surface area contributed by atoms with Gasteiger partial charge in [0.2, 0.25) is 0 Å². The van der Waals surface area contributed by atoms with E-state index in [0.29, 0.717) is 23.4 Å². The van der Waals surface area contributed by atoms with Crippen molar-refractivity contribution < 1.29 is 15.0 Å². The lowest BCUT2D eigenvalue weighted by Gasteiger charge is -2.38. The van der Waals surface area contributed by atoms with Crippen molar-refractivity contribution in [1.82, 2.24) is 0 Å². The fourth-order valence-corrected chi connectivity index (χ4v) is 2.82. The molecule has 0 aliphatic heterocycles. The molecule has 2 atom stereocenters. The van der Waals surface area contributed by atoms with Crippen molar-refractivity contribution in [2.45, 2.75) is 37.2 Å². The minimum absolute atomic E-state index is 0.462. The Morgan fingerprint density at radius 1 is 1.41 bits per heavy atom. The van der Waals surface area contributed by atoms with Gasteiger partial charge < -0.3 is 10.2 Å². The quantitative estimate of drug-likeness (QED) is 0.853. The van der Waals surface area contributed by atoms with Crippen molar-refractivity contribution >= 4 is 17.6 Å². The molecule has 92 valence electrons. The van der Waals surface area contributed by atoms with Crippen LogP contribution in [0.3, 0.4) is 0 Å². The zero-order valence-electron chi connectivity index (χ0n) is 9.40. The summed E-state index contributed by atoms with van der Waals surface area (Å²) in [5.74, 6) is -0.966. The highest BCUT2D eigenvalue weighted by atomic mass is 35.5. The zero-order chi connectivity index (χ0) is 12.5. The van der Waals surface area contributed by atoms with E-state index in [1.807, 2.05) is 0 Å². The number of aliphatic hydroxyl groups is 1. The Labute approximate surface area is 105 Å². The summed E-state index contributed by atoms with van der Waals surface area (Å²) in [6.07, 6.45) is 1.84. The lowest BCUT2D eigenvalue weighted by Crippen LogP contribution is -2.48. The Morgan fingerprint density at radius 3 is 2.76 bits per heavy atom. The molecule has 0 aromatic heterocycles. The van der Waals surface area contributed by atoms with Gasteiger partial charge in [0, 0.05) is 5.02 Å². The predicted molar refractivity (Wildman–Crippen MR) is 65.2 cm³/mol. The predicted octanol–water partition coefficient (Wildman–Crippen LogP) is 2.60. The molecule has 1 saturated carbocycles. The highest BCUT2D eigenvalue weighted by Gasteiger charge is 2.48. The number of hydrogen-bond acceptors (Lipinski definition) is 2. The zero-order valence-corrected chi connectivity index (χ0v) is 10.2. The number of rotatable bonds is 2.